The Kier molecular flexibility index (Phi) is 5.91. The van der Waals surface area contributed by atoms with Crippen LogP contribution in [0.1, 0.15) is 38.3 Å². The maximum Gasteiger partial charge on any atom is 0.125 e. The van der Waals surface area contributed by atoms with Gasteiger partial charge >= 0.3 is 0 Å². The zero-order chi connectivity index (χ0) is 14.5. The lowest BCUT2D eigenvalue weighted by atomic mass is 9.96. The molecule has 0 amide bonds. The molecular formula is C17H26BrNO. The van der Waals surface area contributed by atoms with Crippen LogP contribution in [0.4, 0.5) is 0 Å². The van der Waals surface area contributed by atoms with Gasteiger partial charge in [-0.05, 0) is 61.0 Å². The van der Waals surface area contributed by atoms with Crippen LogP contribution in [0.2, 0.25) is 0 Å². The van der Waals surface area contributed by atoms with E-state index in [1.54, 1.807) is 0 Å². The number of hydrogen-bond donors (Lipinski definition) is 1. The minimum atomic E-state index is 0.678. The van der Waals surface area contributed by atoms with E-state index in [4.69, 9.17) is 4.74 Å². The maximum absolute atomic E-state index is 5.81. The van der Waals surface area contributed by atoms with Crippen molar-refractivity contribution in [3.63, 3.8) is 0 Å². The Morgan fingerprint density at radius 1 is 1.30 bits per heavy atom. The quantitative estimate of drug-likeness (QED) is 0.751. The van der Waals surface area contributed by atoms with Gasteiger partial charge in [-0.15, -0.1) is 0 Å². The Hall–Kier alpha value is -0.540. The average Bonchev–Trinajstić information content (AvgIpc) is 2.82. The van der Waals surface area contributed by atoms with E-state index in [0.29, 0.717) is 5.92 Å². The molecule has 1 aromatic carbocycles. The van der Waals surface area contributed by atoms with Gasteiger partial charge in [-0.1, -0.05) is 36.7 Å². The zero-order valence-corrected chi connectivity index (χ0v) is 14.4. The van der Waals surface area contributed by atoms with Gasteiger partial charge in [0.05, 0.1) is 6.61 Å². The van der Waals surface area contributed by atoms with Gasteiger partial charge in [0.25, 0.3) is 0 Å². The monoisotopic (exact) mass is 339 g/mol. The van der Waals surface area contributed by atoms with Crippen LogP contribution in [0.5, 0.6) is 5.75 Å². The summed E-state index contributed by atoms with van der Waals surface area (Å²) in [5, 5.41) is 3.52. The second kappa shape index (κ2) is 7.46. The van der Waals surface area contributed by atoms with Crippen molar-refractivity contribution in [3.05, 3.63) is 27.7 Å². The van der Waals surface area contributed by atoms with Gasteiger partial charge in [0.1, 0.15) is 5.75 Å². The second-order valence-corrected chi connectivity index (χ2v) is 7.26. The maximum atomic E-state index is 5.81. The fraction of sp³-hybridized carbons (Fsp3) is 0.647. The predicted molar refractivity (Wildman–Crippen MR) is 88.5 cm³/mol. The summed E-state index contributed by atoms with van der Waals surface area (Å²) >= 11 is 3.62. The first-order valence-corrected chi connectivity index (χ1v) is 8.50. The Labute approximate surface area is 131 Å². The van der Waals surface area contributed by atoms with E-state index in [9.17, 15) is 0 Å². The van der Waals surface area contributed by atoms with Crippen molar-refractivity contribution < 1.29 is 4.74 Å². The predicted octanol–water partition coefficient (Wildman–Crippen LogP) is 4.20. The van der Waals surface area contributed by atoms with E-state index >= 15 is 0 Å². The van der Waals surface area contributed by atoms with E-state index < -0.39 is 0 Å². The Morgan fingerprint density at radius 3 is 2.85 bits per heavy atom. The second-order valence-electron chi connectivity index (χ2n) is 6.35. The van der Waals surface area contributed by atoms with E-state index in [0.717, 1.165) is 44.2 Å². The summed E-state index contributed by atoms with van der Waals surface area (Å²) in [5.41, 5.74) is 2.72. The highest BCUT2D eigenvalue weighted by atomic mass is 79.9. The van der Waals surface area contributed by atoms with Crippen LogP contribution < -0.4 is 10.1 Å². The molecule has 0 saturated heterocycles. The van der Waals surface area contributed by atoms with E-state index in [-0.39, 0.29) is 0 Å². The van der Waals surface area contributed by atoms with Crippen LogP contribution in [0.15, 0.2) is 16.6 Å². The molecule has 112 valence electrons. The molecule has 0 radical (unpaired) electrons. The summed E-state index contributed by atoms with van der Waals surface area (Å²) in [4.78, 5) is 0. The van der Waals surface area contributed by atoms with Crippen LogP contribution in [0.25, 0.3) is 0 Å². The van der Waals surface area contributed by atoms with Crippen molar-refractivity contribution in [2.24, 2.45) is 11.8 Å². The molecule has 0 aliphatic carbocycles. The highest BCUT2D eigenvalue weighted by Gasteiger charge is 2.18. The molecule has 1 N–H and O–H groups in total. The number of halogens is 1. The topological polar surface area (TPSA) is 21.3 Å². The largest absolute Gasteiger partial charge is 0.493 e. The van der Waals surface area contributed by atoms with Gasteiger partial charge in [-0.25, -0.2) is 0 Å². The van der Waals surface area contributed by atoms with Crippen molar-refractivity contribution in [2.75, 3.05) is 19.7 Å². The molecule has 2 nitrogen and oxygen atoms in total. The molecule has 20 heavy (non-hydrogen) atoms. The van der Waals surface area contributed by atoms with Gasteiger partial charge < -0.3 is 10.1 Å². The fourth-order valence-corrected chi connectivity index (χ4v) is 3.27. The van der Waals surface area contributed by atoms with E-state index in [1.807, 2.05) is 0 Å². The molecule has 1 aromatic rings. The van der Waals surface area contributed by atoms with Crippen molar-refractivity contribution in [1.82, 2.24) is 5.32 Å². The molecule has 1 aliphatic rings. The van der Waals surface area contributed by atoms with E-state index in [2.05, 4.69) is 54.2 Å². The molecule has 0 saturated carbocycles. The number of rotatable bonds is 7. The number of fused-ring (bicyclic) bond motifs is 1. The van der Waals surface area contributed by atoms with Gasteiger partial charge in [0.15, 0.2) is 0 Å². The minimum Gasteiger partial charge on any atom is -0.493 e. The third-order valence-electron chi connectivity index (χ3n) is 3.76. The standard InChI is InChI=1S/C17H26BrNO/c1-12(2)11-19-6-4-13(3)8-15-10-16(18)9-14-5-7-20-17(14)15/h9-10,12-13,19H,4-8,11H2,1-3H3. The summed E-state index contributed by atoms with van der Waals surface area (Å²) in [6.07, 6.45) is 3.37. The third-order valence-corrected chi connectivity index (χ3v) is 4.22. The molecule has 0 spiro atoms. The molecule has 0 bridgehead atoms. The smallest absolute Gasteiger partial charge is 0.125 e. The van der Waals surface area contributed by atoms with Crippen LogP contribution in [-0.2, 0) is 12.8 Å². The molecule has 1 unspecified atom stereocenters. The first-order valence-electron chi connectivity index (χ1n) is 7.71. The van der Waals surface area contributed by atoms with Gasteiger partial charge in [-0.2, -0.15) is 0 Å². The minimum absolute atomic E-state index is 0.678. The van der Waals surface area contributed by atoms with Gasteiger partial charge in [0.2, 0.25) is 0 Å². The first-order chi connectivity index (χ1) is 9.56. The number of ether oxygens (including phenoxy) is 1. The molecule has 2 rings (SSSR count). The first kappa shape index (κ1) is 15.8. The summed E-state index contributed by atoms with van der Waals surface area (Å²) in [6, 6.07) is 4.42. The van der Waals surface area contributed by atoms with Crippen LogP contribution in [-0.4, -0.2) is 19.7 Å². The van der Waals surface area contributed by atoms with E-state index in [1.165, 1.54) is 22.0 Å². The highest BCUT2D eigenvalue weighted by Crippen LogP contribution is 2.34. The van der Waals surface area contributed by atoms with Gasteiger partial charge in [-0.3, -0.25) is 0 Å². The van der Waals surface area contributed by atoms with Crippen LogP contribution >= 0.6 is 15.9 Å². The van der Waals surface area contributed by atoms with Crippen LogP contribution in [0, 0.1) is 11.8 Å². The van der Waals surface area contributed by atoms with Crippen molar-refractivity contribution in [1.29, 1.82) is 0 Å². The average molecular weight is 340 g/mol. The molecule has 1 heterocycles. The summed E-state index contributed by atoms with van der Waals surface area (Å²) in [6.45, 7) is 9.89. The molecular weight excluding hydrogens is 314 g/mol. The number of nitrogens with one attached hydrogen (secondary N) is 1. The number of hydrogen-bond acceptors (Lipinski definition) is 2. The van der Waals surface area contributed by atoms with Crippen molar-refractivity contribution in [3.8, 4) is 5.75 Å². The molecule has 0 aromatic heterocycles. The fourth-order valence-electron chi connectivity index (χ4n) is 2.71. The van der Waals surface area contributed by atoms with Gasteiger partial charge in [0, 0.05) is 10.9 Å². The highest BCUT2D eigenvalue weighted by molar-refractivity contribution is 9.10. The van der Waals surface area contributed by atoms with Crippen LogP contribution in [0.3, 0.4) is 0 Å². The Morgan fingerprint density at radius 2 is 2.10 bits per heavy atom. The SMILES string of the molecule is CC(C)CNCCC(C)Cc1cc(Br)cc2c1OCC2. The van der Waals surface area contributed by atoms with Crippen molar-refractivity contribution in [2.45, 2.75) is 40.0 Å². The lowest BCUT2D eigenvalue weighted by molar-refractivity contribution is 0.350. The third kappa shape index (κ3) is 4.49. The molecule has 3 heteroatoms. The summed E-state index contributed by atoms with van der Waals surface area (Å²) in [7, 11) is 0. The summed E-state index contributed by atoms with van der Waals surface area (Å²) in [5.74, 6) is 2.56. The number of benzene rings is 1. The molecule has 1 aliphatic heterocycles. The molecule has 1 atom stereocenters. The lowest BCUT2D eigenvalue weighted by Crippen LogP contribution is -2.22. The Balaban J connectivity index is 1.87. The lowest BCUT2D eigenvalue weighted by Gasteiger charge is -2.15. The Bertz CT molecular complexity index is 445. The zero-order valence-electron chi connectivity index (χ0n) is 12.8. The normalized spacial score (nSPS) is 15.2. The summed E-state index contributed by atoms with van der Waals surface area (Å²) < 4.78 is 6.99. The molecule has 0 fully saturated rings. The van der Waals surface area contributed by atoms with Crippen molar-refractivity contribution >= 4 is 15.9 Å².